The van der Waals surface area contributed by atoms with E-state index in [1.165, 1.54) is 12.8 Å². The van der Waals surface area contributed by atoms with Gasteiger partial charge in [-0.05, 0) is 43.9 Å². The molecule has 0 spiro atoms. The van der Waals surface area contributed by atoms with Crippen molar-refractivity contribution in [2.45, 2.75) is 26.7 Å². The molecule has 2 N–H and O–H groups in total. The number of piperidine rings is 1. The molecule has 18 heavy (non-hydrogen) atoms. The van der Waals surface area contributed by atoms with Gasteiger partial charge in [-0.2, -0.15) is 0 Å². The van der Waals surface area contributed by atoms with E-state index in [0.29, 0.717) is 0 Å². The third kappa shape index (κ3) is 3.33. The summed E-state index contributed by atoms with van der Waals surface area (Å²) in [6.45, 7) is 7.06. The normalized spacial score (nSPS) is 23.7. The van der Waals surface area contributed by atoms with Gasteiger partial charge in [0.25, 0.3) is 5.91 Å². The number of aryl methyl sites for hydroxylation is 1. The van der Waals surface area contributed by atoms with E-state index in [-0.39, 0.29) is 11.3 Å². The van der Waals surface area contributed by atoms with Crippen LogP contribution in [0, 0.1) is 12.3 Å². The van der Waals surface area contributed by atoms with E-state index in [1.54, 1.807) is 0 Å². The first-order valence-corrected chi connectivity index (χ1v) is 6.65. The van der Waals surface area contributed by atoms with E-state index in [2.05, 4.69) is 17.6 Å². The molecule has 0 aromatic heterocycles. The molecule has 98 valence electrons. The van der Waals surface area contributed by atoms with E-state index in [0.717, 1.165) is 30.8 Å². The summed E-state index contributed by atoms with van der Waals surface area (Å²) in [7, 11) is 0. The van der Waals surface area contributed by atoms with Crippen LogP contribution in [0.4, 0.5) is 0 Å². The van der Waals surface area contributed by atoms with Crippen molar-refractivity contribution in [1.82, 2.24) is 10.6 Å². The van der Waals surface area contributed by atoms with Gasteiger partial charge in [0.1, 0.15) is 0 Å². The fourth-order valence-electron chi connectivity index (χ4n) is 2.45. The van der Waals surface area contributed by atoms with Gasteiger partial charge in [-0.15, -0.1) is 0 Å². The molecule has 3 nitrogen and oxygen atoms in total. The fourth-order valence-corrected chi connectivity index (χ4v) is 2.45. The standard InChI is InChI=1S/C15H22N2O/c1-12-5-3-6-13(9-12)14(18)17-11-15(2)7-4-8-16-10-15/h3,5-6,9,16H,4,7-8,10-11H2,1-2H3,(H,17,18). The Morgan fingerprint density at radius 1 is 1.50 bits per heavy atom. The van der Waals surface area contributed by atoms with Crippen molar-refractivity contribution in [2.24, 2.45) is 5.41 Å². The second-order valence-corrected chi connectivity index (χ2v) is 5.64. The van der Waals surface area contributed by atoms with Gasteiger partial charge >= 0.3 is 0 Å². The minimum absolute atomic E-state index is 0.0329. The number of hydrogen-bond acceptors (Lipinski definition) is 2. The summed E-state index contributed by atoms with van der Waals surface area (Å²) in [5.41, 5.74) is 2.06. The number of carbonyl (C=O) groups excluding carboxylic acids is 1. The summed E-state index contributed by atoms with van der Waals surface area (Å²) in [5, 5.41) is 6.45. The summed E-state index contributed by atoms with van der Waals surface area (Å²) >= 11 is 0. The van der Waals surface area contributed by atoms with Gasteiger partial charge in [0.2, 0.25) is 0 Å². The van der Waals surface area contributed by atoms with Gasteiger partial charge in [0.05, 0.1) is 0 Å². The largest absolute Gasteiger partial charge is 0.351 e. The predicted molar refractivity (Wildman–Crippen MR) is 73.7 cm³/mol. The van der Waals surface area contributed by atoms with Crippen LogP contribution >= 0.6 is 0 Å². The Hall–Kier alpha value is -1.35. The number of benzene rings is 1. The van der Waals surface area contributed by atoms with Crippen molar-refractivity contribution >= 4 is 5.91 Å². The molecule has 0 bridgehead atoms. The number of hydrogen-bond donors (Lipinski definition) is 2. The lowest BCUT2D eigenvalue weighted by molar-refractivity contribution is 0.0924. The fraction of sp³-hybridized carbons (Fsp3) is 0.533. The Kier molecular flexibility index (Phi) is 4.02. The van der Waals surface area contributed by atoms with Crippen LogP contribution in [0.15, 0.2) is 24.3 Å². The van der Waals surface area contributed by atoms with Crippen molar-refractivity contribution in [3.05, 3.63) is 35.4 Å². The van der Waals surface area contributed by atoms with Crippen LogP contribution in [0.2, 0.25) is 0 Å². The lowest BCUT2D eigenvalue weighted by Gasteiger charge is -2.34. The van der Waals surface area contributed by atoms with Gasteiger partial charge in [-0.1, -0.05) is 24.6 Å². The molecule has 1 aliphatic heterocycles. The van der Waals surface area contributed by atoms with Gasteiger partial charge in [0, 0.05) is 18.7 Å². The van der Waals surface area contributed by atoms with Crippen LogP contribution < -0.4 is 10.6 Å². The zero-order valence-electron chi connectivity index (χ0n) is 11.3. The highest BCUT2D eigenvalue weighted by Crippen LogP contribution is 2.24. The summed E-state index contributed by atoms with van der Waals surface area (Å²) in [6, 6.07) is 7.72. The van der Waals surface area contributed by atoms with Crippen LogP contribution in [-0.4, -0.2) is 25.5 Å². The molecule has 1 atom stereocenters. The lowest BCUT2D eigenvalue weighted by Crippen LogP contribution is -2.45. The molecular weight excluding hydrogens is 224 g/mol. The van der Waals surface area contributed by atoms with Gasteiger partial charge < -0.3 is 10.6 Å². The third-order valence-corrected chi connectivity index (χ3v) is 3.64. The molecule has 1 heterocycles. The number of nitrogens with one attached hydrogen (secondary N) is 2. The van der Waals surface area contributed by atoms with E-state index in [9.17, 15) is 4.79 Å². The molecule has 1 fully saturated rings. The Balaban J connectivity index is 1.92. The molecule has 1 aliphatic rings. The Bertz CT molecular complexity index is 422. The number of carbonyl (C=O) groups is 1. The quantitative estimate of drug-likeness (QED) is 0.857. The molecule has 1 aromatic rings. The second-order valence-electron chi connectivity index (χ2n) is 5.64. The summed E-state index contributed by atoms with van der Waals surface area (Å²) in [6.07, 6.45) is 2.37. The molecule has 3 heteroatoms. The van der Waals surface area contributed by atoms with E-state index in [4.69, 9.17) is 0 Å². The van der Waals surface area contributed by atoms with E-state index >= 15 is 0 Å². The zero-order chi connectivity index (χ0) is 13.0. The highest BCUT2D eigenvalue weighted by Gasteiger charge is 2.27. The van der Waals surface area contributed by atoms with Gasteiger partial charge in [0.15, 0.2) is 0 Å². The monoisotopic (exact) mass is 246 g/mol. The van der Waals surface area contributed by atoms with Crippen molar-refractivity contribution < 1.29 is 4.79 Å². The predicted octanol–water partition coefficient (Wildman–Crippen LogP) is 2.11. The molecule has 0 radical (unpaired) electrons. The molecule has 1 amide bonds. The maximum Gasteiger partial charge on any atom is 0.251 e. The van der Waals surface area contributed by atoms with E-state index < -0.39 is 0 Å². The molecule has 0 aliphatic carbocycles. The van der Waals surface area contributed by atoms with Crippen LogP contribution in [0.5, 0.6) is 0 Å². The van der Waals surface area contributed by atoms with Crippen LogP contribution in [0.25, 0.3) is 0 Å². The molecule has 1 saturated heterocycles. The highest BCUT2D eigenvalue weighted by atomic mass is 16.1. The first-order chi connectivity index (χ1) is 8.59. The Morgan fingerprint density at radius 3 is 3.00 bits per heavy atom. The highest BCUT2D eigenvalue weighted by molar-refractivity contribution is 5.94. The topological polar surface area (TPSA) is 41.1 Å². The van der Waals surface area contributed by atoms with Crippen LogP contribution in [0.3, 0.4) is 0 Å². The Labute approximate surface area is 109 Å². The average molecular weight is 246 g/mol. The van der Waals surface area contributed by atoms with Crippen molar-refractivity contribution in [2.75, 3.05) is 19.6 Å². The minimum atomic E-state index is 0.0329. The smallest absolute Gasteiger partial charge is 0.251 e. The van der Waals surface area contributed by atoms with E-state index in [1.807, 2.05) is 31.2 Å². The molecule has 1 unspecified atom stereocenters. The number of amides is 1. The molecule has 1 aromatic carbocycles. The van der Waals surface area contributed by atoms with Gasteiger partial charge in [-0.3, -0.25) is 4.79 Å². The number of rotatable bonds is 3. The van der Waals surface area contributed by atoms with Crippen molar-refractivity contribution in [3.8, 4) is 0 Å². The molecular formula is C15H22N2O. The summed E-state index contributed by atoms with van der Waals surface area (Å²) < 4.78 is 0. The van der Waals surface area contributed by atoms with Crippen molar-refractivity contribution in [3.63, 3.8) is 0 Å². The lowest BCUT2D eigenvalue weighted by atomic mass is 9.83. The summed E-state index contributed by atoms with van der Waals surface area (Å²) in [5.74, 6) is 0.0329. The molecule has 2 rings (SSSR count). The second kappa shape index (κ2) is 5.53. The average Bonchev–Trinajstić information content (AvgIpc) is 2.37. The molecule has 0 saturated carbocycles. The maximum atomic E-state index is 12.1. The first-order valence-electron chi connectivity index (χ1n) is 6.65. The third-order valence-electron chi connectivity index (χ3n) is 3.64. The van der Waals surface area contributed by atoms with Gasteiger partial charge in [-0.25, -0.2) is 0 Å². The maximum absolute atomic E-state index is 12.1. The van der Waals surface area contributed by atoms with Crippen molar-refractivity contribution in [1.29, 1.82) is 0 Å². The first kappa shape index (κ1) is 13.1. The van der Waals surface area contributed by atoms with Crippen LogP contribution in [0.1, 0.15) is 35.7 Å². The SMILES string of the molecule is Cc1cccc(C(=O)NCC2(C)CCCNC2)c1. The minimum Gasteiger partial charge on any atom is -0.351 e. The van der Waals surface area contributed by atoms with Crippen LogP contribution in [-0.2, 0) is 0 Å². The zero-order valence-corrected chi connectivity index (χ0v) is 11.3. The summed E-state index contributed by atoms with van der Waals surface area (Å²) in [4.78, 5) is 12.1. The Morgan fingerprint density at radius 2 is 2.33 bits per heavy atom.